The fourth-order valence-electron chi connectivity index (χ4n) is 1.67. The molecule has 0 bridgehead atoms. The summed E-state index contributed by atoms with van der Waals surface area (Å²) in [5, 5.41) is 12.7. The molecule has 0 aliphatic heterocycles. The molecular formula is C14H11Br2NO3. The number of carbonyl (C=O) groups excluding carboxylic acids is 1. The van der Waals surface area contributed by atoms with E-state index in [1.54, 1.807) is 12.1 Å². The van der Waals surface area contributed by atoms with E-state index in [2.05, 4.69) is 37.2 Å². The summed E-state index contributed by atoms with van der Waals surface area (Å²) in [6, 6.07) is 10.2. The number of phenols is 1. The average molecular weight is 401 g/mol. The Balaban J connectivity index is 2.34. The topological polar surface area (TPSA) is 58.6 Å². The Kier molecular flexibility index (Phi) is 4.67. The van der Waals surface area contributed by atoms with Crippen molar-refractivity contribution < 1.29 is 14.6 Å². The smallest absolute Gasteiger partial charge is 0.259 e. The highest BCUT2D eigenvalue weighted by molar-refractivity contribution is 9.11. The van der Waals surface area contributed by atoms with Crippen molar-refractivity contribution in [3.05, 3.63) is 50.9 Å². The van der Waals surface area contributed by atoms with Crippen LogP contribution in [0.25, 0.3) is 0 Å². The Morgan fingerprint density at radius 3 is 2.35 bits per heavy atom. The van der Waals surface area contributed by atoms with Crippen LogP contribution in [0, 0.1) is 0 Å². The van der Waals surface area contributed by atoms with Gasteiger partial charge in [0.15, 0.2) is 11.5 Å². The molecule has 0 aliphatic carbocycles. The normalized spacial score (nSPS) is 10.2. The quantitative estimate of drug-likeness (QED) is 0.812. The summed E-state index contributed by atoms with van der Waals surface area (Å²) in [6.45, 7) is 0. The second kappa shape index (κ2) is 6.28. The van der Waals surface area contributed by atoms with Crippen molar-refractivity contribution in [1.29, 1.82) is 0 Å². The minimum Gasteiger partial charge on any atom is -0.504 e. The summed E-state index contributed by atoms with van der Waals surface area (Å²) in [5.41, 5.74) is 0.742. The predicted octanol–water partition coefficient (Wildman–Crippen LogP) is 4.18. The monoisotopic (exact) mass is 399 g/mol. The number of halogens is 2. The number of carbonyl (C=O) groups is 1. The molecule has 0 unspecified atom stereocenters. The second-order valence-electron chi connectivity index (χ2n) is 3.91. The average Bonchev–Trinajstić information content (AvgIpc) is 2.43. The van der Waals surface area contributed by atoms with Crippen molar-refractivity contribution in [3.8, 4) is 11.5 Å². The van der Waals surface area contributed by atoms with Gasteiger partial charge in [0, 0.05) is 8.95 Å². The maximum Gasteiger partial charge on any atom is 0.259 e. The van der Waals surface area contributed by atoms with E-state index in [9.17, 15) is 9.90 Å². The van der Waals surface area contributed by atoms with Gasteiger partial charge >= 0.3 is 0 Å². The van der Waals surface area contributed by atoms with Crippen LogP contribution in [0.3, 0.4) is 0 Å². The number of rotatable bonds is 3. The number of amides is 1. The van der Waals surface area contributed by atoms with Crippen LogP contribution in [-0.2, 0) is 0 Å². The highest BCUT2D eigenvalue weighted by Gasteiger charge is 2.16. The SMILES string of the molecule is COc1cccc(C(=O)Nc2c(Br)cccc2Br)c1O. The standard InChI is InChI=1S/C14H11Br2NO3/c1-20-11-7-2-4-8(13(11)18)14(19)17-12-9(15)5-3-6-10(12)16/h2-7,18H,1H3,(H,17,19). The second-order valence-corrected chi connectivity index (χ2v) is 5.62. The molecule has 0 heterocycles. The first-order valence-electron chi connectivity index (χ1n) is 5.66. The summed E-state index contributed by atoms with van der Waals surface area (Å²) in [6.07, 6.45) is 0. The molecule has 0 fully saturated rings. The lowest BCUT2D eigenvalue weighted by atomic mass is 10.1. The number of hydrogen-bond donors (Lipinski definition) is 2. The van der Waals surface area contributed by atoms with Gasteiger partial charge in [-0.25, -0.2) is 0 Å². The highest BCUT2D eigenvalue weighted by atomic mass is 79.9. The van der Waals surface area contributed by atoms with Crippen LogP contribution in [0.1, 0.15) is 10.4 Å². The molecule has 2 rings (SSSR count). The van der Waals surface area contributed by atoms with Gasteiger partial charge in [-0.05, 0) is 56.1 Å². The third kappa shape index (κ3) is 2.96. The van der Waals surface area contributed by atoms with E-state index >= 15 is 0 Å². The van der Waals surface area contributed by atoms with Crippen molar-refractivity contribution >= 4 is 43.5 Å². The van der Waals surface area contributed by atoms with Crippen LogP contribution in [0.5, 0.6) is 11.5 Å². The van der Waals surface area contributed by atoms with Gasteiger partial charge in [-0.1, -0.05) is 12.1 Å². The molecule has 0 aromatic heterocycles. The summed E-state index contributed by atoms with van der Waals surface area (Å²) in [4.78, 5) is 12.2. The largest absolute Gasteiger partial charge is 0.504 e. The van der Waals surface area contributed by atoms with Gasteiger partial charge in [-0.15, -0.1) is 0 Å². The third-order valence-electron chi connectivity index (χ3n) is 2.66. The lowest BCUT2D eigenvalue weighted by Gasteiger charge is -2.11. The van der Waals surface area contributed by atoms with E-state index < -0.39 is 5.91 Å². The fraction of sp³-hybridized carbons (Fsp3) is 0.0714. The molecule has 0 radical (unpaired) electrons. The Labute approximate surface area is 133 Å². The van der Waals surface area contributed by atoms with E-state index in [1.165, 1.54) is 13.2 Å². The van der Waals surface area contributed by atoms with E-state index in [0.29, 0.717) is 5.69 Å². The molecule has 0 saturated carbocycles. The van der Waals surface area contributed by atoms with Crippen molar-refractivity contribution in [3.63, 3.8) is 0 Å². The Bertz CT molecular complexity index is 639. The van der Waals surface area contributed by atoms with Crippen molar-refractivity contribution in [2.24, 2.45) is 0 Å². The van der Waals surface area contributed by atoms with Crippen molar-refractivity contribution in [2.75, 3.05) is 12.4 Å². The first-order chi connectivity index (χ1) is 9.54. The predicted molar refractivity (Wildman–Crippen MR) is 84.5 cm³/mol. The van der Waals surface area contributed by atoms with Gasteiger partial charge in [0.05, 0.1) is 18.4 Å². The molecule has 1 amide bonds. The molecule has 0 atom stereocenters. The van der Waals surface area contributed by atoms with Gasteiger partial charge in [0.25, 0.3) is 5.91 Å². The number of para-hydroxylation sites is 2. The van der Waals surface area contributed by atoms with Gasteiger partial charge < -0.3 is 15.2 Å². The zero-order valence-electron chi connectivity index (χ0n) is 10.5. The molecule has 2 aromatic carbocycles. The molecule has 2 N–H and O–H groups in total. The number of methoxy groups -OCH3 is 1. The lowest BCUT2D eigenvalue weighted by molar-refractivity contribution is 0.102. The summed E-state index contributed by atoms with van der Waals surface area (Å²) >= 11 is 6.73. The molecule has 4 nitrogen and oxygen atoms in total. The Morgan fingerprint density at radius 1 is 1.15 bits per heavy atom. The molecular weight excluding hydrogens is 390 g/mol. The van der Waals surface area contributed by atoms with Crippen LogP contribution in [0.4, 0.5) is 5.69 Å². The van der Waals surface area contributed by atoms with Gasteiger partial charge in [0.2, 0.25) is 0 Å². The maximum atomic E-state index is 12.2. The molecule has 0 aliphatic rings. The summed E-state index contributed by atoms with van der Waals surface area (Å²) in [5.74, 6) is -0.353. The Morgan fingerprint density at radius 2 is 1.75 bits per heavy atom. The van der Waals surface area contributed by atoms with Gasteiger partial charge in [-0.3, -0.25) is 4.79 Å². The molecule has 0 spiro atoms. The third-order valence-corrected chi connectivity index (χ3v) is 3.99. The van der Waals surface area contributed by atoms with Crippen molar-refractivity contribution in [1.82, 2.24) is 0 Å². The molecule has 104 valence electrons. The summed E-state index contributed by atoms with van der Waals surface area (Å²) < 4.78 is 6.46. The zero-order chi connectivity index (χ0) is 14.7. The Hall–Kier alpha value is -1.53. The number of nitrogens with one attached hydrogen (secondary N) is 1. The lowest BCUT2D eigenvalue weighted by Crippen LogP contribution is -2.13. The van der Waals surface area contributed by atoms with Crippen molar-refractivity contribution in [2.45, 2.75) is 0 Å². The zero-order valence-corrected chi connectivity index (χ0v) is 13.7. The van der Waals surface area contributed by atoms with Crippen LogP contribution in [0.2, 0.25) is 0 Å². The first kappa shape index (κ1) is 14.9. The van der Waals surface area contributed by atoms with E-state index in [-0.39, 0.29) is 17.1 Å². The first-order valence-corrected chi connectivity index (χ1v) is 7.24. The van der Waals surface area contributed by atoms with Crippen LogP contribution in [0.15, 0.2) is 45.3 Å². The van der Waals surface area contributed by atoms with Gasteiger partial charge in [-0.2, -0.15) is 0 Å². The van der Waals surface area contributed by atoms with E-state index in [4.69, 9.17) is 4.74 Å². The summed E-state index contributed by atoms with van der Waals surface area (Å²) in [7, 11) is 1.43. The number of ether oxygens (including phenoxy) is 1. The maximum absolute atomic E-state index is 12.2. The van der Waals surface area contributed by atoms with Crippen LogP contribution < -0.4 is 10.1 Å². The van der Waals surface area contributed by atoms with Crippen LogP contribution >= 0.6 is 31.9 Å². The fourth-order valence-corrected chi connectivity index (χ4v) is 2.87. The number of phenolic OH excluding ortho intramolecular Hbond substituents is 1. The molecule has 2 aromatic rings. The van der Waals surface area contributed by atoms with E-state index in [0.717, 1.165) is 8.95 Å². The number of benzene rings is 2. The minimum atomic E-state index is -0.422. The minimum absolute atomic E-state index is 0.145. The number of hydrogen-bond acceptors (Lipinski definition) is 3. The number of anilines is 1. The molecule has 6 heteroatoms. The van der Waals surface area contributed by atoms with Crippen LogP contribution in [-0.4, -0.2) is 18.1 Å². The molecule has 0 saturated heterocycles. The highest BCUT2D eigenvalue weighted by Crippen LogP contribution is 2.33. The van der Waals surface area contributed by atoms with Gasteiger partial charge in [0.1, 0.15) is 0 Å². The molecule has 20 heavy (non-hydrogen) atoms. The number of aromatic hydroxyl groups is 1. The van der Waals surface area contributed by atoms with E-state index in [1.807, 2.05) is 18.2 Å².